The highest BCUT2D eigenvalue weighted by Gasteiger charge is 2.27. The van der Waals surface area contributed by atoms with Gasteiger partial charge >= 0.3 is 0 Å². The molecule has 1 aromatic heterocycles. The summed E-state index contributed by atoms with van der Waals surface area (Å²) in [5, 5.41) is 4.83. The molecule has 6 heteroatoms. The first-order valence-electron chi connectivity index (χ1n) is 8.79. The van der Waals surface area contributed by atoms with Gasteiger partial charge in [0.05, 0.1) is 10.7 Å². The van der Waals surface area contributed by atoms with Crippen LogP contribution in [0.2, 0.25) is 5.02 Å². The van der Waals surface area contributed by atoms with Crippen LogP contribution >= 0.6 is 11.6 Å². The van der Waals surface area contributed by atoms with Gasteiger partial charge in [0.2, 0.25) is 0 Å². The number of hydrogen-bond donors (Lipinski definition) is 0. The van der Waals surface area contributed by atoms with Crippen LogP contribution in [0.1, 0.15) is 34.2 Å². The summed E-state index contributed by atoms with van der Waals surface area (Å²) in [4.78, 5) is 17.2. The van der Waals surface area contributed by atoms with E-state index in [9.17, 15) is 4.79 Å². The summed E-state index contributed by atoms with van der Waals surface area (Å²) in [5.41, 5.74) is 3.84. The minimum Gasteiger partial charge on any atom is -0.335 e. The third-order valence-electron chi connectivity index (χ3n) is 4.70. The second kappa shape index (κ2) is 7.58. The number of rotatable bonds is 4. The predicted molar refractivity (Wildman–Crippen MR) is 100 cm³/mol. The molecule has 1 aliphatic heterocycles. The molecule has 134 valence electrons. The van der Waals surface area contributed by atoms with Crippen LogP contribution in [0.4, 0.5) is 0 Å². The van der Waals surface area contributed by atoms with Crippen LogP contribution in [0.3, 0.4) is 0 Å². The maximum atomic E-state index is 12.9. The van der Waals surface area contributed by atoms with Gasteiger partial charge in [-0.15, -0.1) is 0 Å². The number of nitrogens with zero attached hydrogens (tertiary/aromatic N) is 4. The first kappa shape index (κ1) is 18.0. The quantitative estimate of drug-likeness (QED) is 0.841. The number of hydrogen-bond acceptors (Lipinski definition) is 3. The van der Waals surface area contributed by atoms with E-state index in [1.54, 1.807) is 4.68 Å². The van der Waals surface area contributed by atoms with Crippen LogP contribution in [0.15, 0.2) is 24.3 Å². The molecule has 1 aliphatic rings. The lowest BCUT2D eigenvalue weighted by molar-refractivity contribution is 0.0616. The number of benzene rings is 1. The molecule has 0 radical (unpaired) electrons. The third-order valence-corrected chi connectivity index (χ3v) is 5.16. The molecular formula is C19H25ClN4O. The molecule has 0 aliphatic carbocycles. The lowest BCUT2D eigenvalue weighted by Gasteiger charge is -2.34. The van der Waals surface area contributed by atoms with Gasteiger partial charge in [0.15, 0.2) is 0 Å². The van der Waals surface area contributed by atoms with E-state index in [0.29, 0.717) is 23.0 Å². The largest absolute Gasteiger partial charge is 0.335 e. The average molecular weight is 361 g/mol. The van der Waals surface area contributed by atoms with Gasteiger partial charge in [0, 0.05) is 39.3 Å². The summed E-state index contributed by atoms with van der Waals surface area (Å²) >= 11 is 6.32. The molecule has 0 unspecified atom stereocenters. The van der Waals surface area contributed by atoms with Crippen molar-refractivity contribution in [2.75, 3.05) is 26.2 Å². The molecule has 1 saturated heterocycles. The van der Waals surface area contributed by atoms with E-state index < -0.39 is 0 Å². The summed E-state index contributed by atoms with van der Waals surface area (Å²) in [5.74, 6) is -0.0114. The topological polar surface area (TPSA) is 41.4 Å². The second-order valence-electron chi connectivity index (χ2n) is 6.62. The molecule has 1 aromatic carbocycles. The molecule has 2 heterocycles. The van der Waals surface area contributed by atoms with E-state index in [1.807, 2.05) is 18.7 Å². The Bertz CT molecular complexity index is 763. The van der Waals surface area contributed by atoms with Crippen molar-refractivity contribution in [3.8, 4) is 0 Å². The Morgan fingerprint density at radius 2 is 1.92 bits per heavy atom. The van der Waals surface area contributed by atoms with E-state index in [4.69, 9.17) is 11.6 Å². The Balaban J connectivity index is 1.63. The molecule has 3 rings (SSSR count). The number of halogens is 1. The monoisotopic (exact) mass is 360 g/mol. The molecule has 0 saturated carbocycles. The summed E-state index contributed by atoms with van der Waals surface area (Å²) in [7, 11) is 0. The molecule has 1 fully saturated rings. The van der Waals surface area contributed by atoms with E-state index >= 15 is 0 Å². The molecule has 0 spiro atoms. The van der Waals surface area contributed by atoms with Crippen LogP contribution in [-0.2, 0) is 13.1 Å². The molecule has 0 atom stereocenters. The lowest BCUT2D eigenvalue weighted by Crippen LogP contribution is -2.48. The predicted octanol–water partition coefficient (Wildman–Crippen LogP) is 3.13. The van der Waals surface area contributed by atoms with E-state index in [0.717, 1.165) is 32.7 Å². The normalized spacial score (nSPS) is 15.6. The Labute approximate surface area is 154 Å². The molecule has 25 heavy (non-hydrogen) atoms. The zero-order valence-corrected chi connectivity index (χ0v) is 15.9. The average Bonchev–Trinajstić information content (AvgIpc) is 2.89. The van der Waals surface area contributed by atoms with Gasteiger partial charge in [-0.3, -0.25) is 14.4 Å². The third kappa shape index (κ3) is 3.88. The van der Waals surface area contributed by atoms with E-state index in [2.05, 4.69) is 41.2 Å². The zero-order valence-electron chi connectivity index (χ0n) is 15.1. The standard InChI is InChI=1S/C19H25ClN4O/c1-4-24-18(17(20)15(3)21-24)19(25)23-10-8-22(9-11-23)13-16-7-5-6-14(2)12-16/h5-7,12H,4,8-11,13H2,1-3H3. The van der Waals surface area contributed by atoms with Crippen LogP contribution in [-0.4, -0.2) is 51.7 Å². The van der Waals surface area contributed by atoms with Crippen LogP contribution in [0.25, 0.3) is 0 Å². The van der Waals surface area contributed by atoms with Gasteiger partial charge in [0.25, 0.3) is 5.91 Å². The lowest BCUT2D eigenvalue weighted by atomic mass is 10.1. The van der Waals surface area contributed by atoms with Crippen LogP contribution < -0.4 is 0 Å². The van der Waals surface area contributed by atoms with Crippen molar-refractivity contribution in [3.63, 3.8) is 0 Å². The number of piperazine rings is 1. The van der Waals surface area contributed by atoms with Crippen molar-refractivity contribution in [3.05, 3.63) is 51.8 Å². The zero-order chi connectivity index (χ0) is 18.0. The number of aryl methyl sites for hydroxylation is 3. The number of amides is 1. The molecule has 5 nitrogen and oxygen atoms in total. The highest BCUT2D eigenvalue weighted by molar-refractivity contribution is 6.34. The molecule has 2 aromatic rings. The first-order valence-corrected chi connectivity index (χ1v) is 9.17. The molecule has 1 amide bonds. The fourth-order valence-corrected chi connectivity index (χ4v) is 3.54. The number of carbonyl (C=O) groups is 1. The fraction of sp³-hybridized carbons (Fsp3) is 0.474. The van der Waals surface area contributed by atoms with Crippen molar-refractivity contribution < 1.29 is 4.79 Å². The van der Waals surface area contributed by atoms with Crippen LogP contribution in [0, 0.1) is 13.8 Å². The number of aromatic nitrogens is 2. The highest BCUT2D eigenvalue weighted by Crippen LogP contribution is 2.22. The van der Waals surface area contributed by atoms with Crippen molar-refractivity contribution in [2.24, 2.45) is 0 Å². The second-order valence-corrected chi connectivity index (χ2v) is 7.00. The first-order chi connectivity index (χ1) is 12.0. The minimum atomic E-state index is -0.0114. The Morgan fingerprint density at radius 3 is 2.56 bits per heavy atom. The highest BCUT2D eigenvalue weighted by atomic mass is 35.5. The Morgan fingerprint density at radius 1 is 1.20 bits per heavy atom. The van der Waals surface area contributed by atoms with Crippen LogP contribution in [0.5, 0.6) is 0 Å². The maximum absolute atomic E-state index is 12.9. The maximum Gasteiger partial charge on any atom is 0.273 e. The SMILES string of the molecule is CCn1nc(C)c(Cl)c1C(=O)N1CCN(Cc2cccc(C)c2)CC1. The fourth-order valence-electron chi connectivity index (χ4n) is 3.32. The van der Waals surface area contributed by atoms with Gasteiger partial charge in [-0.05, 0) is 26.3 Å². The summed E-state index contributed by atoms with van der Waals surface area (Å²) in [6.45, 7) is 10.7. The molecule has 0 bridgehead atoms. The molecular weight excluding hydrogens is 336 g/mol. The summed E-state index contributed by atoms with van der Waals surface area (Å²) in [6, 6.07) is 8.59. The van der Waals surface area contributed by atoms with Gasteiger partial charge < -0.3 is 4.90 Å². The Kier molecular flexibility index (Phi) is 5.45. The van der Waals surface area contributed by atoms with Crippen molar-refractivity contribution in [1.82, 2.24) is 19.6 Å². The van der Waals surface area contributed by atoms with E-state index in [-0.39, 0.29) is 5.91 Å². The Hall–Kier alpha value is -1.85. The van der Waals surface area contributed by atoms with Crippen molar-refractivity contribution >= 4 is 17.5 Å². The van der Waals surface area contributed by atoms with E-state index in [1.165, 1.54) is 11.1 Å². The van der Waals surface area contributed by atoms with Crippen molar-refractivity contribution in [1.29, 1.82) is 0 Å². The smallest absolute Gasteiger partial charge is 0.273 e. The van der Waals surface area contributed by atoms with Crippen molar-refractivity contribution in [2.45, 2.75) is 33.9 Å². The number of carbonyl (C=O) groups excluding carboxylic acids is 1. The van der Waals surface area contributed by atoms with Gasteiger partial charge in [-0.1, -0.05) is 41.4 Å². The summed E-state index contributed by atoms with van der Waals surface area (Å²) in [6.07, 6.45) is 0. The minimum absolute atomic E-state index is 0.0114. The summed E-state index contributed by atoms with van der Waals surface area (Å²) < 4.78 is 1.71. The molecule has 0 N–H and O–H groups in total. The van der Waals surface area contributed by atoms with Gasteiger partial charge in [-0.2, -0.15) is 5.10 Å². The van der Waals surface area contributed by atoms with Gasteiger partial charge in [0.1, 0.15) is 5.69 Å². The van der Waals surface area contributed by atoms with Gasteiger partial charge in [-0.25, -0.2) is 0 Å².